The molecule has 1 atom stereocenters. The molecule has 0 amide bonds. The number of carbonyl (C=O) groups is 2. The number of rotatable bonds is 7. The quantitative estimate of drug-likeness (QED) is 0.504. The molecular formula is C23H24ClF3N2O4. The summed E-state index contributed by atoms with van der Waals surface area (Å²) in [4.78, 5) is 21.2. The summed E-state index contributed by atoms with van der Waals surface area (Å²) in [5, 5.41) is 19.6. The van der Waals surface area contributed by atoms with Crippen molar-refractivity contribution in [1.82, 2.24) is 10.2 Å². The Balaban J connectivity index is 0.000000414. The number of benzene rings is 2. The van der Waals surface area contributed by atoms with Crippen LogP contribution in [0.1, 0.15) is 23.1 Å². The highest BCUT2D eigenvalue weighted by Gasteiger charge is 2.34. The van der Waals surface area contributed by atoms with E-state index in [9.17, 15) is 22.8 Å². The van der Waals surface area contributed by atoms with Crippen molar-refractivity contribution in [3.05, 3.63) is 82.4 Å². The highest BCUT2D eigenvalue weighted by molar-refractivity contribution is 6.31. The Labute approximate surface area is 194 Å². The number of nitrogens with one attached hydrogen (secondary N) is 1. The molecule has 0 spiro atoms. The molecule has 6 nitrogen and oxygen atoms in total. The molecule has 1 saturated heterocycles. The summed E-state index contributed by atoms with van der Waals surface area (Å²) < 4.78 is 39.9. The molecule has 0 aromatic heterocycles. The number of aliphatic carboxylic acids is 2. The third-order valence-corrected chi connectivity index (χ3v) is 5.32. The van der Waals surface area contributed by atoms with Gasteiger partial charge in [0.1, 0.15) is 0 Å². The lowest BCUT2D eigenvalue weighted by Gasteiger charge is -2.30. The molecular weight excluding hydrogens is 461 g/mol. The third kappa shape index (κ3) is 8.88. The summed E-state index contributed by atoms with van der Waals surface area (Å²) in [5.74, 6) is -2.51. The fourth-order valence-corrected chi connectivity index (χ4v) is 3.60. The maximum absolute atomic E-state index is 13.3. The van der Waals surface area contributed by atoms with E-state index in [4.69, 9.17) is 21.8 Å². The zero-order valence-corrected chi connectivity index (χ0v) is 18.3. The molecule has 0 radical (unpaired) electrons. The van der Waals surface area contributed by atoms with Crippen LogP contribution in [-0.2, 0) is 28.9 Å². The lowest BCUT2D eigenvalue weighted by atomic mass is 10.0. The maximum atomic E-state index is 13.3. The molecule has 178 valence electrons. The molecule has 0 saturated carbocycles. The zero-order chi connectivity index (χ0) is 24.4. The first-order chi connectivity index (χ1) is 15.6. The summed E-state index contributed by atoms with van der Waals surface area (Å²) in [6.45, 7) is 2.43. The fraction of sp³-hybridized carbons (Fsp3) is 0.304. The second kappa shape index (κ2) is 12.4. The molecule has 33 heavy (non-hydrogen) atoms. The minimum Gasteiger partial charge on any atom is -0.478 e. The van der Waals surface area contributed by atoms with Gasteiger partial charge in [-0.2, -0.15) is 13.2 Å². The average Bonchev–Trinajstić information content (AvgIpc) is 3.28. The van der Waals surface area contributed by atoms with Crippen molar-refractivity contribution in [1.29, 1.82) is 0 Å². The van der Waals surface area contributed by atoms with Crippen LogP contribution in [0.2, 0.25) is 5.02 Å². The Morgan fingerprint density at radius 2 is 1.55 bits per heavy atom. The SMILES string of the molecule is FC(F)(F)c1ccccc1CN(Cc1ccccc1Cl)[C@H]1CCNC1.O=C(O)C=CC(=O)O. The number of carboxylic acids is 2. The normalized spacial score (nSPS) is 16.0. The van der Waals surface area contributed by atoms with Gasteiger partial charge in [-0.25, -0.2) is 9.59 Å². The van der Waals surface area contributed by atoms with Crippen LogP contribution in [0, 0.1) is 0 Å². The Kier molecular flexibility index (Phi) is 9.90. The number of nitrogens with zero attached hydrogens (tertiary/aromatic N) is 1. The van der Waals surface area contributed by atoms with E-state index in [1.165, 1.54) is 6.07 Å². The van der Waals surface area contributed by atoms with E-state index >= 15 is 0 Å². The van der Waals surface area contributed by atoms with Gasteiger partial charge >= 0.3 is 18.1 Å². The van der Waals surface area contributed by atoms with Crippen LogP contribution in [0.25, 0.3) is 0 Å². The van der Waals surface area contributed by atoms with E-state index < -0.39 is 23.7 Å². The molecule has 0 aliphatic carbocycles. The largest absolute Gasteiger partial charge is 0.478 e. The highest BCUT2D eigenvalue weighted by atomic mass is 35.5. The van der Waals surface area contributed by atoms with E-state index in [1.54, 1.807) is 12.1 Å². The van der Waals surface area contributed by atoms with E-state index in [-0.39, 0.29) is 12.6 Å². The fourth-order valence-electron chi connectivity index (χ4n) is 3.41. The van der Waals surface area contributed by atoms with Gasteiger partial charge in [-0.15, -0.1) is 0 Å². The number of hydrogen-bond acceptors (Lipinski definition) is 4. The van der Waals surface area contributed by atoms with Gasteiger partial charge in [-0.1, -0.05) is 48.0 Å². The van der Waals surface area contributed by atoms with E-state index in [0.717, 1.165) is 31.1 Å². The summed E-state index contributed by atoms with van der Waals surface area (Å²) in [5.41, 5.74) is 0.666. The minimum atomic E-state index is -4.35. The van der Waals surface area contributed by atoms with Crippen molar-refractivity contribution >= 4 is 23.5 Å². The van der Waals surface area contributed by atoms with Crippen molar-refractivity contribution in [3.8, 4) is 0 Å². The first kappa shape index (κ1) is 26.4. The third-order valence-electron chi connectivity index (χ3n) is 4.95. The Morgan fingerprint density at radius 1 is 1.00 bits per heavy atom. The van der Waals surface area contributed by atoms with Crippen LogP contribution in [0.3, 0.4) is 0 Å². The molecule has 2 aromatic rings. The van der Waals surface area contributed by atoms with Gasteiger partial charge in [0, 0.05) is 42.9 Å². The molecule has 2 aromatic carbocycles. The van der Waals surface area contributed by atoms with Crippen LogP contribution < -0.4 is 5.32 Å². The molecule has 0 unspecified atom stereocenters. The van der Waals surface area contributed by atoms with Crippen molar-refractivity contribution < 1.29 is 33.0 Å². The molecule has 0 bridgehead atoms. The van der Waals surface area contributed by atoms with Gasteiger partial charge in [0.25, 0.3) is 0 Å². The van der Waals surface area contributed by atoms with Gasteiger partial charge in [-0.05, 0) is 36.2 Å². The first-order valence-corrected chi connectivity index (χ1v) is 10.4. The molecule has 3 rings (SSSR count). The number of hydrogen-bond donors (Lipinski definition) is 3. The van der Waals surface area contributed by atoms with Gasteiger partial charge in [0.15, 0.2) is 0 Å². The molecule has 1 aliphatic rings. The number of halogens is 4. The molecule has 10 heteroatoms. The van der Waals surface area contributed by atoms with Crippen molar-refractivity contribution in [2.24, 2.45) is 0 Å². The maximum Gasteiger partial charge on any atom is 0.416 e. The smallest absolute Gasteiger partial charge is 0.416 e. The van der Waals surface area contributed by atoms with Crippen LogP contribution in [-0.4, -0.2) is 46.2 Å². The Bertz CT molecular complexity index is 960. The zero-order valence-electron chi connectivity index (χ0n) is 17.6. The van der Waals surface area contributed by atoms with Gasteiger partial charge in [0.05, 0.1) is 5.56 Å². The number of carboxylic acid groups (broad SMARTS) is 2. The molecule has 1 aliphatic heterocycles. The second-order valence-corrected chi connectivity index (χ2v) is 7.71. The second-order valence-electron chi connectivity index (χ2n) is 7.31. The standard InChI is InChI=1S/C19H20ClF3N2.C4H4O4/c20-18-8-4-2-6-15(18)13-25(16-9-10-24-11-16)12-14-5-1-3-7-17(14)19(21,22)23;5-3(6)1-2-4(7)8/h1-8,16,24H,9-13H2;1-2H,(H,5,6)(H,7,8)/t16-;/m0./s1. The highest BCUT2D eigenvalue weighted by Crippen LogP contribution is 2.33. The van der Waals surface area contributed by atoms with Crippen LogP contribution in [0.4, 0.5) is 13.2 Å². The summed E-state index contributed by atoms with van der Waals surface area (Å²) in [7, 11) is 0. The average molecular weight is 485 g/mol. The predicted molar refractivity (Wildman–Crippen MR) is 118 cm³/mol. The predicted octanol–water partition coefficient (Wildman–Crippen LogP) is 4.43. The van der Waals surface area contributed by atoms with E-state index in [1.807, 2.05) is 24.3 Å². The summed E-state index contributed by atoms with van der Waals surface area (Å²) in [6.07, 6.45) is -2.32. The minimum absolute atomic E-state index is 0.192. The lowest BCUT2D eigenvalue weighted by molar-refractivity contribution is -0.138. The van der Waals surface area contributed by atoms with E-state index in [2.05, 4.69) is 10.2 Å². The van der Waals surface area contributed by atoms with Crippen LogP contribution in [0.5, 0.6) is 0 Å². The summed E-state index contributed by atoms with van der Waals surface area (Å²) in [6, 6.07) is 13.5. The van der Waals surface area contributed by atoms with Crippen LogP contribution >= 0.6 is 11.6 Å². The topological polar surface area (TPSA) is 89.9 Å². The Morgan fingerprint density at radius 3 is 2.06 bits per heavy atom. The van der Waals surface area contributed by atoms with Gasteiger partial charge in [-0.3, -0.25) is 4.90 Å². The van der Waals surface area contributed by atoms with E-state index in [0.29, 0.717) is 29.3 Å². The molecule has 3 N–H and O–H groups in total. The first-order valence-electron chi connectivity index (χ1n) is 10.0. The van der Waals surface area contributed by atoms with Gasteiger partial charge in [0.2, 0.25) is 0 Å². The van der Waals surface area contributed by atoms with Crippen molar-refractivity contribution in [3.63, 3.8) is 0 Å². The van der Waals surface area contributed by atoms with Crippen LogP contribution in [0.15, 0.2) is 60.7 Å². The lowest BCUT2D eigenvalue weighted by Crippen LogP contribution is -2.36. The number of alkyl halides is 3. The van der Waals surface area contributed by atoms with Crippen molar-refractivity contribution in [2.75, 3.05) is 13.1 Å². The van der Waals surface area contributed by atoms with Gasteiger partial charge < -0.3 is 15.5 Å². The Hall–Kier alpha value is -2.88. The molecule has 1 fully saturated rings. The monoisotopic (exact) mass is 484 g/mol. The molecule has 1 heterocycles. The summed E-state index contributed by atoms with van der Waals surface area (Å²) >= 11 is 6.26. The van der Waals surface area contributed by atoms with Crippen molar-refractivity contribution in [2.45, 2.75) is 31.7 Å².